The summed E-state index contributed by atoms with van der Waals surface area (Å²) in [6.07, 6.45) is -4.86. The third kappa shape index (κ3) is 3.41. The lowest BCUT2D eigenvalue weighted by atomic mass is 10.2. The molecule has 0 radical (unpaired) electrons. The molecule has 0 amide bonds. The van der Waals surface area contributed by atoms with Gasteiger partial charge < -0.3 is 9.47 Å². The summed E-state index contributed by atoms with van der Waals surface area (Å²) in [4.78, 5) is 0. The molecule has 118 valence electrons. The largest absolute Gasteiger partial charge is 0.497 e. The minimum Gasteiger partial charge on any atom is -0.497 e. The third-order valence-corrected chi connectivity index (χ3v) is 2.97. The van der Waals surface area contributed by atoms with Gasteiger partial charge in [0.05, 0.1) is 17.7 Å². The number of hydrogen-bond donors (Lipinski definition) is 0. The van der Waals surface area contributed by atoms with E-state index in [0.717, 1.165) is 0 Å². The van der Waals surface area contributed by atoms with Gasteiger partial charge in [0, 0.05) is 6.07 Å². The topological polar surface area (TPSA) is 18.5 Å². The molecule has 0 aliphatic heterocycles. The van der Waals surface area contributed by atoms with Crippen molar-refractivity contribution in [1.82, 2.24) is 0 Å². The van der Waals surface area contributed by atoms with Crippen LogP contribution < -0.4 is 9.47 Å². The smallest absolute Gasteiger partial charge is 0.416 e. The van der Waals surface area contributed by atoms with Gasteiger partial charge in [-0.1, -0.05) is 11.6 Å². The van der Waals surface area contributed by atoms with E-state index in [4.69, 9.17) is 21.1 Å². The Morgan fingerprint density at radius 2 is 1.59 bits per heavy atom. The molecule has 0 aromatic heterocycles. The van der Waals surface area contributed by atoms with Gasteiger partial charge in [-0.15, -0.1) is 0 Å². The summed E-state index contributed by atoms with van der Waals surface area (Å²) in [6, 6.07) is 4.32. The fourth-order valence-electron chi connectivity index (χ4n) is 1.62. The molecule has 0 aliphatic rings. The molecule has 2 nitrogen and oxygen atoms in total. The minimum absolute atomic E-state index is 0.0157. The van der Waals surface area contributed by atoms with E-state index in [1.807, 2.05) is 0 Å². The maximum absolute atomic E-state index is 13.7. The zero-order chi connectivity index (χ0) is 16.5. The SMILES string of the molecule is COc1ccc(Oc2c(F)cc(C(F)(F)F)cc2F)c(Cl)c1. The Kier molecular flexibility index (Phi) is 4.46. The maximum atomic E-state index is 13.7. The Labute approximate surface area is 127 Å². The number of halogens is 6. The van der Waals surface area contributed by atoms with Gasteiger partial charge in [-0.25, -0.2) is 8.78 Å². The Bertz CT molecular complexity index is 677. The maximum Gasteiger partial charge on any atom is 0.416 e. The van der Waals surface area contributed by atoms with Crippen LogP contribution in [-0.2, 0) is 6.18 Å². The van der Waals surface area contributed by atoms with Crippen molar-refractivity contribution in [3.8, 4) is 17.2 Å². The Balaban J connectivity index is 2.38. The van der Waals surface area contributed by atoms with Crippen LogP contribution in [0, 0.1) is 11.6 Å². The number of rotatable bonds is 3. The number of methoxy groups -OCH3 is 1. The molecule has 0 bridgehead atoms. The van der Waals surface area contributed by atoms with E-state index in [2.05, 4.69) is 0 Å². The van der Waals surface area contributed by atoms with Gasteiger partial charge >= 0.3 is 6.18 Å². The highest BCUT2D eigenvalue weighted by Gasteiger charge is 2.33. The summed E-state index contributed by atoms with van der Waals surface area (Å²) in [5.74, 6) is -3.69. The van der Waals surface area contributed by atoms with Crippen LogP contribution in [0.4, 0.5) is 22.0 Å². The molecule has 0 saturated carbocycles. The lowest BCUT2D eigenvalue weighted by Gasteiger charge is -2.13. The molecule has 0 unspecified atom stereocenters. The van der Waals surface area contributed by atoms with E-state index in [1.54, 1.807) is 0 Å². The fraction of sp³-hybridized carbons (Fsp3) is 0.143. The molecule has 0 fully saturated rings. The lowest BCUT2D eigenvalue weighted by Crippen LogP contribution is -2.07. The van der Waals surface area contributed by atoms with Crippen LogP contribution in [0.2, 0.25) is 5.02 Å². The molecule has 8 heteroatoms. The van der Waals surface area contributed by atoms with Crippen molar-refractivity contribution in [2.75, 3.05) is 7.11 Å². The summed E-state index contributed by atoms with van der Waals surface area (Å²) in [5, 5.41) is -0.0157. The highest BCUT2D eigenvalue weighted by atomic mass is 35.5. The third-order valence-electron chi connectivity index (χ3n) is 2.68. The molecule has 22 heavy (non-hydrogen) atoms. The summed E-state index contributed by atoms with van der Waals surface area (Å²) < 4.78 is 74.5. The highest BCUT2D eigenvalue weighted by molar-refractivity contribution is 6.32. The van der Waals surface area contributed by atoms with Crippen LogP contribution in [0.15, 0.2) is 30.3 Å². The van der Waals surface area contributed by atoms with Gasteiger partial charge in [0.2, 0.25) is 0 Å². The van der Waals surface area contributed by atoms with E-state index in [0.29, 0.717) is 5.75 Å². The molecule has 0 saturated heterocycles. The average Bonchev–Trinajstić information content (AvgIpc) is 2.42. The minimum atomic E-state index is -4.86. The van der Waals surface area contributed by atoms with Crippen molar-refractivity contribution >= 4 is 11.6 Å². The lowest BCUT2D eigenvalue weighted by molar-refractivity contribution is -0.138. The van der Waals surface area contributed by atoms with Crippen molar-refractivity contribution in [2.45, 2.75) is 6.18 Å². The fourth-order valence-corrected chi connectivity index (χ4v) is 1.83. The molecule has 2 aromatic rings. The number of ether oxygens (including phenoxy) is 2. The first-order valence-corrected chi connectivity index (χ1v) is 6.18. The van der Waals surface area contributed by atoms with Gasteiger partial charge in [-0.3, -0.25) is 0 Å². The Morgan fingerprint density at radius 3 is 2.05 bits per heavy atom. The molecular weight excluding hydrogens is 331 g/mol. The summed E-state index contributed by atoms with van der Waals surface area (Å²) in [6.45, 7) is 0. The van der Waals surface area contributed by atoms with Gasteiger partial charge in [0.25, 0.3) is 0 Å². The van der Waals surface area contributed by atoms with Crippen LogP contribution in [0.25, 0.3) is 0 Å². The highest BCUT2D eigenvalue weighted by Crippen LogP contribution is 2.38. The number of benzene rings is 2. The van der Waals surface area contributed by atoms with Gasteiger partial charge in [0.1, 0.15) is 11.5 Å². The second-order valence-corrected chi connectivity index (χ2v) is 4.57. The average molecular weight is 339 g/mol. The van der Waals surface area contributed by atoms with E-state index >= 15 is 0 Å². The quantitative estimate of drug-likeness (QED) is 0.694. The first-order chi connectivity index (χ1) is 10.2. The Morgan fingerprint density at radius 1 is 1.00 bits per heavy atom. The predicted molar refractivity (Wildman–Crippen MR) is 69.4 cm³/mol. The summed E-state index contributed by atoms with van der Waals surface area (Å²) in [7, 11) is 1.39. The summed E-state index contributed by atoms with van der Waals surface area (Å²) in [5.41, 5.74) is -1.45. The zero-order valence-corrected chi connectivity index (χ0v) is 11.7. The molecule has 0 N–H and O–H groups in total. The summed E-state index contributed by atoms with van der Waals surface area (Å²) >= 11 is 5.84. The molecule has 0 spiro atoms. The van der Waals surface area contributed by atoms with E-state index in [-0.39, 0.29) is 22.9 Å². The van der Waals surface area contributed by atoms with Crippen molar-refractivity contribution in [1.29, 1.82) is 0 Å². The number of alkyl halides is 3. The Hall–Kier alpha value is -2.02. The van der Waals surface area contributed by atoms with Crippen LogP contribution in [-0.4, -0.2) is 7.11 Å². The van der Waals surface area contributed by atoms with E-state index in [9.17, 15) is 22.0 Å². The molecule has 0 aliphatic carbocycles. The van der Waals surface area contributed by atoms with Crippen molar-refractivity contribution < 1.29 is 31.4 Å². The van der Waals surface area contributed by atoms with Gasteiger partial charge in [0.15, 0.2) is 17.4 Å². The molecule has 0 heterocycles. The van der Waals surface area contributed by atoms with Crippen LogP contribution >= 0.6 is 11.6 Å². The van der Waals surface area contributed by atoms with Crippen LogP contribution in [0.5, 0.6) is 17.2 Å². The van der Waals surface area contributed by atoms with E-state index in [1.165, 1.54) is 25.3 Å². The van der Waals surface area contributed by atoms with Gasteiger partial charge in [-0.05, 0) is 24.3 Å². The zero-order valence-electron chi connectivity index (χ0n) is 11.0. The first-order valence-electron chi connectivity index (χ1n) is 5.80. The van der Waals surface area contributed by atoms with Crippen LogP contribution in [0.1, 0.15) is 5.56 Å². The van der Waals surface area contributed by atoms with Crippen molar-refractivity contribution in [2.24, 2.45) is 0 Å². The van der Waals surface area contributed by atoms with Gasteiger partial charge in [-0.2, -0.15) is 13.2 Å². The second kappa shape index (κ2) is 6.00. The standard InChI is InChI=1S/C14H8ClF5O2/c1-21-8-2-3-12(9(15)6-8)22-13-10(16)4-7(5-11(13)17)14(18,19)20/h2-6H,1H3. The molecule has 2 rings (SSSR count). The number of hydrogen-bond acceptors (Lipinski definition) is 2. The predicted octanol–water partition coefficient (Wildman–Crippen LogP) is 5.44. The second-order valence-electron chi connectivity index (χ2n) is 4.17. The van der Waals surface area contributed by atoms with Crippen LogP contribution in [0.3, 0.4) is 0 Å². The molecule has 2 aromatic carbocycles. The van der Waals surface area contributed by atoms with Crippen molar-refractivity contribution in [3.63, 3.8) is 0 Å². The van der Waals surface area contributed by atoms with Crippen molar-refractivity contribution in [3.05, 3.63) is 52.6 Å². The van der Waals surface area contributed by atoms with E-state index < -0.39 is 29.1 Å². The normalized spacial score (nSPS) is 11.4. The monoisotopic (exact) mass is 338 g/mol. The molecular formula is C14H8ClF5O2. The molecule has 0 atom stereocenters. The first kappa shape index (κ1) is 16.4.